The van der Waals surface area contributed by atoms with Crippen LogP contribution in [0.4, 0.5) is 11.9 Å². The van der Waals surface area contributed by atoms with E-state index in [2.05, 4.69) is 247 Å². The average Bonchev–Trinajstić information content (AvgIpc) is 1.71. The van der Waals surface area contributed by atoms with Gasteiger partial charge in [0.05, 0.1) is 74.1 Å². The predicted molar refractivity (Wildman–Crippen MR) is 568 cm³/mol. The number of unbranched alkanes of at least 4 members (excludes halogenated alkanes) is 12. The number of aliphatic hydroxyl groups excluding tert-OH is 1. The molecule has 11 rings (SSSR count). The summed E-state index contributed by atoms with van der Waals surface area (Å²) in [7, 11) is 4.34. The molecule has 0 aliphatic carbocycles. The van der Waals surface area contributed by atoms with E-state index in [0.29, 0.717) is 61.2 Å². The van der Waals surface area contributed by atoms with Crippen molar-refractivity contribution in [3.8, 4) is 29.3 Å². The number of carbonyl (C=O) groups is 4. The zero-order valence-electron chi connectivity index (χ0n) is 83.2. The summed E-state index contributed by atoms with van der Waals surface area (Å²) in [4.78, 5) is 83.0. The molecule has 0 bridgehead atoms. The summed E-state index contributed by atoms with van der Waals surface area (Å²) in [5, 5.41) is 26.5. The van der Waals surface area contributed by atoms with Crippen LogP contribution < -0.4 is 27.7 Å². The number of hydrogen-bond acceptors (Lipinski definition) is 24. The molecule has 34 heteroatoms. The minimum absolute atomic E-state index is 0.0625. The summed E-state index contributed by atoms with van der Waals surface area (Å²) in [6.07, 6.45) is 19.0. The van der Waals surface area contributed by atoms with Crippen LogP contribution in [0.1, 0.15) is 252 Å². The first kappa shape index (κ1) is 125. The predicted octanol–water partition coefficient (Wildman–Crippen LogP) is 22.8. The van der Waals surface area contributed by atoms with E-state index in [0.717, 1.165) is 149 Å². The molecule has 0 amide bonds. The average molecular weight is 2130 g/mol. The van der Waals surface area contributed by atoms with Crippen LogP contribution in [-0.4, -0.2) is 141 Å². The Morgan fingerprint density at radius 3 is 0.978 bits per heavy atom. The number of benzene rings is 3. The molecule has 28 nitrogen and oxygen atoms in total. The third kappa shape index (κ3) is 57.7. The molecule has 11 N–H and O–H groups in total. The zero-order chi connectivity index (χ0) is 102. The van der Waals surface area contributed by atoms with Gasteiger partial charge in [0.25, 0.3) is 0 Å². The number of nitrogens with zero attached hydrogens (tertiary/aromatic N) is 14. The van der Waals surface area contributed by atoms with Crippen molar-refractivity contribution in [3.05, 3.63) is 250 Å². The number of aromatic nitrogens is 13. The Labute approximate surface area is 843 Å². The molecule has 737 valence electrons. The number of nitrogens with two attached hydrogens (primary N) is 4. The minimum atomic E-state index is -0.333. The molecular formula is C101H147BBr4N19O9S. The van der Waals surface area contributed by atoms with E-state index < -0.39 is 0 Å². The number of ether oxygens (including phenoxy) is 3. The number of carbonyl (C=O) groups excluding carboxylic acids is 4. The number of thiol groups is 1. The van der Waals surface area contributed by atoms with Crippen LogP contribution in [0.3, 0.4) is 0 Å². The first-order valence-corrected chi connectivity index (χ1v) is 49.2. The second-order valence-corrected chi connectivity index (χ2v) is 35.0. The van der Waals surface area contributed by atoms with Gasteiger partial charge in [0, 0.05) is 88.9 Å². The van der Waals surface area contributed by atoms with Crippen molar-refractivity contribution < 1.29 is 43.6 Å². The fourth-order valence-electron chi connectivity index (χ4n) is 12.3. The molecule has 11 aromatic rings. The molecule has 0 aliphatic heterocycles. The van der Waals surface area contributed by atoms with E-state index >= 15 is 0 Å². The number of nitrogen functional groups attached to an aromatic ring is 2. The van der Waals surface area contributed by atoms with Crippen molar-refractivity contribution in [1.29, 1.82) is 5.41 Å². The Bertz CT molecular complexity index is 4890. The third-order valence-corrected chi connectivity index (χ3v) is 22.3. The van der Waals surface area contributed by atoms with Crippen LogP contribution in [0.15, 0.2) is 147 Å². The van der Waals surface area contributed by atoms with Crippen molar-refractivity contribution in [1.82, 2.24) is 63.5 Å². The van der Waals surface area contributed by atoms with E-state index in [4.69, 9.17) is 36.2 Å². The number of alkyl halides is 2. The molecule has 0 saturated carbocycles. The molecule has 8 aromatic heterocycles. The number of anilines is 2. The fourth-order valence-corrected chi connectivity index (χ4v) is 13.4. The summed E-state index contributed by atoms with van der Waals surface area (Å²) in [5.74, 6) is 3.40. The van der Waals surface area contributed by atoms with Gasteiger partial charge in [0.1, 0.15) is 29.7 Å². The molecule has 0 unspecified atom stereocenters. The second-order valence-electron chi connectivity index (χ2n) is 31.5. The van der Waals surface area contributed by atoms with Gasteiger partial charge in [-0.05, 0) is 262 Å². The summed E-state index contributed by atoms with van der Waals surface area (Å²) in [6.45, 7) is 43.1. The van der Waals surface area contributed by atoms with Crippen molar-refractivity contribution >= 4 is 125 Å². The number of aliphatic hydroxyl groups is 1. The SMILES string of the molecule is BrCCCCCCCCCOCc1ccccc1.CC(=O)CC(C)=O.CC(=O)CCC(C)=O.CCOCc1ccccc1.Cc1cc(C)nc(N)n1.Cc1nc(-n2c(C)ccc2C)nc(C)c1Br.Cc1nc(-n2c(C)ccc2C)nc(C)c1O.Cc1nc(-n2c(C)ccc2C)nc(C)c1OCc1ccccc1.Cc1nc(N)nc(C)c1Br.N=C(N)N.OCCCCCCCCCBr.[B]=NS. The van der Waals surface area contributed by atoms with Crippen LogP contribution >= 0.6 is 76.5 Å². The molecule has 0 spiro atoms. The Morgan fingerprint density at radius 1 is 0.415 bits per heavy atom. The van der Waals surface area contributed by atoms with Gasteiger partial charge in [-0.15, -0.1) is 0 Å². The van der Waals surface area contributed by atoms with Crippen LogP contribution in [0.25, 0.3) is 17.8 Å². The van der Waals surface area contributed by atoms with Gasteiger partial charge in [-0.2, -0.15) is 0 Å². The Kier molecular flexibility index (Phi) is 68.8. The molecule has 0 saturated heterocycles. The monoisotopic (exact) mass is 2130 g/mol. The van der Waals surface area contributed by atoms with Crippen LogP contribution in [0.5, 0.6) is 11.5 Å². The third-order valence-electron chi connectivity index (χ3n) is 18.9. The van der Waals surface area contributed by atoms with E-state index in [9.17, 15) is 24.3 Å². The van der Waals surface area contributed by atoms with E-state index in [-0.39, 0.29) is 41.3 Å². The first-order chi connectivity index (χ1) is 64.0. The van der Waals surface area contributed by atoms with Crippen molar-refractivity contribution in [2.45, 2.75) is 274 Å². The van der Waals surface area contributed by atoms with Crippen LogP contribution in [-0.2, 0) is 48.5 Å². The van der Waals surface area contributed by atoms with E-state index in [1.807, 2.05) is 154 Å². The molecule has 0 aliphatic rings. The Hall–Kier alpha value is -9.94. The summed E-state index contributed by atoms with van der Waals surface area (Å²) < 4.78 is 27.5. The topological polar surface area (TPSA) is 420 Å². The van der Waals surface area contributed by atoms with Crippen LogP contribution in [0, 0.1) is 116 Å². The standard InChI is InChI=1S/C19H21N3O.C16H25BrO.C12H14BrN3.C12H15N3O.C9H19BrO.C9H12O.C6H8BrN3.C6H9N3.C6H10O2.C5H8O2.CH5N3.BHNS/c1-13-10-11-14(2)22(13)19-20-15(3)18(16(4)21-19)23-12-17-8-6-5-7-9-17;17-13-9-4-2-1-3-5-10-14-18-15-16-11-7-6-8-12-16;1-7-5-6-8(2)16(7)12-14-9(3)11(13)10(4)15-12;1-7-5-6-8(2)15(7)12-13-9(3)11(16)10(4)14-12;10-8-6-4-2-1-3-5-7-9-11;1-2-10-8-9-6-4-3-5-7-9;1-3-5(7)4(2)10-6(8)9-3;1-4-3-5(2)9-6(7)8-4;1-5(7)3-4-6(2)8;1-4(6)3-5(2)7;2-1(3)4;1-2-3/h5-11H,12H2,1-4H3;6-8,11-12H,1-5,9-10,13-15H2;5-6H,1-4H3;5-6,16H,1-4H3;11H,1-9H2;3-7H,2,8H2,1H3;1-2H3,(H2,8,9,10);3H,1-2H3,(H2,7,8,9);3-4H2,1-2H3;3H2,1-2H3;(H5,2,3,4);3H. The maximum atomic E-state index is 10.2. The van der Waals surface area contributed by atoms with Crippen molar-refractivity contribution in [2.75, 3.05) is 41.9 Å². The number of rotatable bonds is 33. The van der Waals surface area contributed by atoms with Crippen molar-refractivity contribution in [3.63, 3.8) is 0 Å². The van der Waals surface area contributed by atoms with Gasteiger partial charge >= 0.3 is 24.8 Å². The molecule has 0 atom stereocenters. The fraction of sp³-hybridized carbons (Fsp3) is 0.455. The molecule has 3 aromatic carbocycles. The number of Topliss-reactive ketones (excluding diaryl/α,β-unsaturated/α-hetero) is 4. The van der Waals surface area contributed by atoms with Gasteiger partial charge in [-0.25, -0.2) is 49.8 Å². The summed E-state index contributed by atoms with van der Waals surface area (Å²) in [6, 6.07) is 44.9. The first-order valence-electron chi connectivity index (χ1n) is 45.0. The molecule has 135 heavy (non-hydrogen) atoms. The number of hydrogen-bond donors (Lipinski definition) is 8. The van der Waals surface area contributed by atoms with E-state index in [1.165, 1.54) is 122 Å². The van der Waals surface area contributed by atoms with Gasteiger partial charge in [0.2, 0.25) is 29.7 Å². The number of aryl methyl sites for hydroxylation is 16. The molecule has 0 fully saturated rings. The van der Waals surface area contributed by atoms with Crippen molar-refractivity contribution in [2.24, 2.45) is 15.8 Å². The Balaban J connectivity index is 0.00000149. The van der Waals surface area contributed by atoms with E-state index in [1.54, 1.807) is 13.8 Å². The zero-order valence-corrected chi connectivity index (χ0v) is 90.5. The number of halogens is 4. The van der Waals surface area contributed by atoms with Gasteiger partial charge in [0.15, 0.2) is 17.5 Å². The summed E-state index contributed by atoms with van der Waals surface area (Å²) >= 11 is 16.9. The molecule has 1 radical (unpaired) electrons. The normalized spacial score (nSPS) is 9.97. The summed E-state index contributed by atoms with van der Waals surface area (Å²) in [5.41, 5.74) is 38.5. The van der Waals surface area contributed by atoms with Gasteiger partial charge in [-0.1, -0.05) is 187 Å². The van der Waals surface area contributed by atoms with Gasteiger partial charge in [-0.3, -0.25) is 28.7 Å². The van der Waals surface area contributed by atoms with Crippen LogP contribution in [0.2, 0.25) is 0 Å². The van der Waals surface area contributed by atoms with Gasteiger partial charge < -0.3 is 56.9 Å². The molecular weight excluding hydrogens is 1990 g/mol. The maximum absolute atomic E-state index is 10.2. The quantitative estimate of drug-likeness (QED) is 0.00360. The number of nitrogens with one attached hydrogen (secondary N) is 1. The number of ketones is 4. The number of aromatic hydroxyl groups is 1. The Morgan fingerprint density at radius 2 is 0.689 bits per heavy atom. The number of guanidine groups is 1. The molecule has 8 heterocycles. The second kappa shape index (κ2) is 74.3.